The third-order valence-electron chi connectivity index (χ3n) is 5.28. The van der Waals surface area contributed by atoms with Crippen molar-refractivity contribution in [2.24, 2.45) is 5.92 Å². The molecule has 25 heavy (non-hydrogen) atoms. The second-order valence-electron chi connectivity index (χ2n) is 7.62. The summed E-state index contributed by atoms with van der Waals surface area (Å²) in [6, 6.07) is 9.92. The Hall–Kier alpha value is -1.72. The number of ether oxygens (including phenoxy) is 1. The number of carbonyl (C=O) groups is 2. The van der Waals surface area contributed by atoms with Gasteiger partial charge in [-0.1, -0.05) is 44.2 Å². The SMILES string of the molecule is CC(C)CC(OCc1ccccc1)C(=O)NC12CCCC1NCC2=O. The van der Waals surface area contributed by atoms with E-state index in [0.717, 1.165) is 24.8 Å². The molecule has 0 spiro atoms. The van der Waals surface area contributed by atoms with Gasteiger partial charge in [0.1, 0.15) is 11.6 Å². The summed E-state index contributed by atoms with van der Waals surface area (Å²) in [5, 5.41) is 6.32. The van der Waals surface area contributed by atoms with Crippen molar-refractivity contribution in [3.05, 3.63) is 35.9 Å². The van der Waals surface area contributed by atoms with Gasteiger partial charge in [-0.15, -0.1) is 0 Å². The lowest BCUT2D eigenvalue weighted by atomic mass is 9.91. The Morgan fingerprint density at radius 1 is 1.36 bits per heavy atom. The zero-order valence-corrected chi connectivity index (χ0v) is 15.1. The van der Waals surface area contributed by atoms with E-state index in [1.807, 2.05) is 30.3 Å². The second-order valence-corrected chi connectivity index (χ2v) is 7.62. The number of benzene rings is 1. The van der Waals surface area contributed by atoms with Crippen LogP contribution in [0.1, 0.15) is 45.1 Å². The van der Waals surface area contributed by atoms with Crippen molar-refractivity contribution in [2.45, 2.75) is 63.8 Å². The molecule has 2 fully saturated rings. The smallest absolute Gasteiger partial charge is 0.250 e. The highest BCUT2D eigenvalue weighted by molar-refractivity contribution is 5.98. The first kappa shape index (κ1) is 18.1. The summed E-state index contributed by atoms with van der Waals surface area (Å²) >= 11 is 0. The molecule has 5 heteroatoms. The van der Waals surface area contributed by atoms with Crippen LogP contribution in [0, 0.1) is 5.92 Å². The van der Waals surface area contributed by atoms with E-state index in [0.29, 0.717) is 25.5 Å². The lowest BCUT2D eigenvalue weighted by Crippen LogP contribution is -2.59. The van der Waals surface area contributed by atoms with Gasteiger partial charge in [0.15, 0.2) is 5.78 Å². The predicted molar refractivity (Wildman–Crippen MR) is 96.0 cm³/mol. The van der Waals surface area contributed by atoms with Crippen LogP contribution in [0.5, 0.6) is 0 Å². The van der Waals surface area contributed by atoms with Crippen LogP contribution in [0.25, 0.3) is 0 Å². The highest BCUT2D eigenvalue weighted by Gasteiger charge is 2.54. The first-order valence-corrected chi connectivity index (χ1v) is 9.25. The topological polar surface area (TPSA) is 67.4 Å². The summed E-state index contributed by atoms with van der Waals surface area (Å²) in [6.45, 7) is 4.90. The molecule has 2 N–H and O–H groups in total. The van der Waals surface area contributed by atoms with Gasteiger partial charge in [-0.2, -0.15) is 0 Å². The van der Waals surface area contributed by atoms with Crippen molar-refractivity contribution in [1.82, 2.24) is 10.6 Å². The number of carbonyl (C=O) groups excluding carboxylic acids is 2. The molecular formula is C20H28N2O3. The van der Waals surface area contributed by atoms with Gasteiger partial charge in [0.25, 0.3) is 0 Å². The molecule has 1 amide bonds. The summed E-state index contributed by atoms with van der Waals surface area (Å²) < 4.78 is 5.95. The molecule has 3 atom stereocenters. The summed E-state index contributed by atoms with van der Waals surface area (Å²) in [5.74, 6) is 0.282. The molecule has 0 aromatic heterocycles. The number of Topliss-reactive ketones (excluding diaryl/α,β-unsaturated/α-hetero) is 1. The Balaban J connectivity index is 1.67. The Bertz CT molecular complexity index is 617. The fraction of sp³-hybridized carbons (Fsp3) is 0.600. The zero-order valence-electron chi connectivity index (χ0n) is 15.1. The van der Waals surface area contributed by atoms with Gasteiger partial charge in [0.2, 0.25) is 5.91 Å². The van der Waals surface area contributed by atoms with Crippen LogP contribution in [-0.4, -0.2) is 35.9 Å². The Kier molecular flexibility index (Phi) is 5.54. The fourth-order valence-electron chi connectivity index (χ4n) is 3.96. The summed E-state index contributed by atoms with van der Waals surface area (Å²) in [6.07, 6.45) is 2.72. The first-order valence-electron chi connectivity index (χ1n) is 9.25. The fourth-order valence-corrected chi connectivity index (χ4v) is 3.96. The average Bonchev–Trinajstić information content (AvgIpc) is 3.12. The van der Waals surface area contributed by atoms with Crippen molar-refractivity contribution in [2.75, 3.05) is 6.54 Å². The van der Waals surface area contributed by atoms with Crippen LogP contribution in [0.4, 0.5) is 0 Å². The minimum Gasteiger partial charge on any atom is -0.364 e. The lowest BCUT2D eigenvalue weighted by Gasteiger charge is -2.31. The summed E-state index contributed by atoms with van der Waals surface area (Å²) in [4.78, 5) is 25.3. The number of hydrogen-bond donors (Lipinski definition) is 2. The van der Waals surface area contributed by atoms with Crippen LogP contribution in [0.3, 0.4) is 0 Å². The van der Waals surface area contributed by atoms with E-state index in [1.165, 1.54) is 0 Å². The number of nitrogens with one attached hydrogen (secondary N) is 2. The molecule has 1 aromatic carbocycles. The van der Waals surface area contributed by atoms with E-state index >= 15 is 0 Å². The summed E-state index contributed by atoms with van der Waals surface area (Å²) in [7, 11) is 0. The van der Waals surface area contributed by atoms with Crippen LogP contribution in [-0.2, 0) is 20.9 Å². The van der Waals surface area contributed by atoms with E-state index < -0.39 is 11.6 Å². The van der Waals surface area contributed by atoms with Gasteiger partial charge in [-0.3, -0.25) is 9.59 Å². The standard InChI is InChI=1S/C20H28N2O3/c1-14(2)11-16(25-13-15-7-4-3-5-8-15)19(24)22-20-10-6-9-17(20)21-12-18(20)23/h3-5,7-8,14,16-17,21H,6,9-13H2,1-2H3,(H,22,24). The number of fused-ring (bicyclic) bond motifs is 1. The van der Waals surface area contributed by atoms with Crippen LogP contribution >= 0.6 is 0 Å². The van der Waals surface area contributed by atoms with E-state index in [-0.39, 0.29) is 17.7 Å². The van der Waals surface area contributed by atoms with E-state index in [9.17, 15) is 9.59 Å². The first-order chi connectivity index (χ1) is 12.0. The van der Waals surface area contributed by atoms with Crippen LogP contribution in [0.2, 0.25) is 0 Å². The second kappa shape index (κ2) is 7.67. The van der Waals surface area contributed by atoms with Gasteiger partial charge in [-0.25, -0.2) is 0 Å². The van der Waals surface area contributed by atoms with Crippen molar-refractivity contribution >= 4 is 11.7 Å². The Morgan fingerprint density at radius 2 is 2.12 bits per heavy atom. The molecule has 0 radical (unpaired) electrons. The molecule has 3 rings (SSSR count). The minimum absolute atomic E-state index is 0.0674. The molecular weight excluding hydrogens is 316 g/mol. The molecule has 1 aliphatic carbocycles. The van der Waals surface area contributed by atoms with Crippen molar-refractivity contribution in [1.29, 1.82) is 0 Å². The van der Waals surface area contributed by atoms with Gasteiger partial charge in [-0.05, 0) is 37.2 Å². The van der Waals surface area contributed by atoms with E-state index in [1.54, 1.807) is 0 Å². The number of hydrogen-bond acceptors (Lipinski definition) is 4. The summed E-state index contributed by atoms with van der Waals surface area (Å²) in [5.41, 5.74) is 0.321. The van der Waals surface area contributed by atoms with Gasteiger partial charge in [0.05, 0.1) is 13.2 Å². The molecule has 1 saturated heterocycles. The van der Waals surface area contributed by atoms with E-state index in [2.05, 4.69) is 24.5 Å². The third kappa shape index (κ3) is 3.93. The molecule has 1 saturated carbocycles. The maximum absolute atomic E-state index is 12.9. The highest BCUT2D eigenvalue weighted by atomic mass is 16.5. The number of amides is 1. The van der Waals surface area contributed by atoms with Crippen molar-refractivity contribution in [3.63, 3.8) is 0 Å². The van der Waals surface area contributed by atoms with Crippen LogP contribution < -0.4 is 10.6 Å². The van der Waals surface area contributed by atoms with Gasteiger partial charge >= 0.3 is 0 Å². The quantitative estimate of drug-likeness (QED) is 0.796. The highest BCUT2D eigenvalue weighted by Crippen LogP contribution is 2.34. The Labute approximate surface area is 149 Å². The monoisotopic (exact) mass is 344 g/mol. The Morgan fingerprint density at radius 3 is 2.84 bits per heavy atom. The molecule has 5 nitrogen and oxygen atoms in total. The number of rotatable bonds is 7. The molecule has 2 aliphatic rings. The largest absolute Gasteiger partial charge is 0.364 e. The maximum atomic E-state index is 12.9. The average molecular weight is 344 g/mol. The van der Waals surface area contributed by atoms with Gasteiger partial charge < -0.3 is 15.4 Å². The molecule has 1 aliphatic heterocycles. The number of ketones is 1. The zero-order chi connectivity index (χ0) is 17.9. The molecule has 1 heterocycles. The molecule has 0 bridgehead atoms. The van der Waals surface area contributed by atoms with Gasteiger partial charge in [0, 0.05) is 6.04 Å². The third-order valence-corrected chi connectivity index (χ3v) is 5.28. The van der Waals surface area contributed by atoms with E-state index in [4.69, 9.17) is 4.74 Å². The maximum Gasteiger partial charge on any atom is 0.250 e. The minimum atomic E-state index is -0.720. The van der Waals surface area contributed by atoms with Crippen molar-refractivity contribution in [3.8, 4) is 0 Å². The lowest BCUT2D eigenvalue weighted by molar-refractivity contribution is -0.139. The van der Waals surface area contributed by atoms with Crippen LogP contribution in [0.15, 0.2) is 30.3 Å². The normalized spacial score (nSPS) is 26.7. The molecule has 3 unspecified atom stereocenters. The predicted octanol–water partition coefficient (Wildman–Crippen LogP) is 2.20. The van der Waals surface area contributed by atoms with Crippen molar-refractivity contribution < 1.29 is 14.3 Å². The molecule has 136 valence electrons. The molecule has 1 aromatic rings.